The van der Waals surface area contributed by atoms with Crippen molar-refractivity contribution in [2.75, 3.05) is 13.2 Å². The van der Waals surface area contributed by atoms with E-state index in [9.17, 15) is 0 Å². The standard InChI is InChI=1S/C5H9N.C5H8O/c2*1-2-4-6-5-3-1/h2,4,6H,1,3,5H2;2,4H,1,3,5H2. The number of rotatable bonds is 0. The third kappa shape index (κ3) is 4.83. The minimum Gasteiger partial charge on any atom is -0.502 e. The Morgan fingerprint density at radius 1 is 1.08 bits per heavy atom. The van der Waals surface area contributed by atoms with Crippen molar-refractivity contribution in [1.29, 1.82) is 0 Å². The lowest BCUT2D eigenvalue weighted by atomic mass is 10.2. The molecule has 2 aliphatic heterocycles. The second-order valence-corrected chi connectivity index (χ2v) is 2.88. The van der Waals surface area contributed by atoms with Crippen LogP contribution in [0.25, 0.3) is 0 Å². The van der Waals surface area contributed by atoms with E-state index in [0.717, 1.165) is 13.2 Å². The van der Waals surface area contributed by atoms with Gasteiger partial charge in [-0.3, -0.25) is 0 Å². The maximum atomic E-state index is 4.89. The Morgan fingerprint density at radius 2 is 2.00 bits per heavy atom. The van der Waals surface area contributed by atoms with Gasteiger partial charge in [-0.1, -0.05) is 6.08 Å². The highest BCUT2D eigenvalue weighted by Gasteiger charge is 1.86. The van der Waals surface area contributed by atoms with Crippen LogP contribution in [0.15, 0.2) is 24.6 Å². The van der Waals surface area contributed by atoms with E-state index in [2.05, 4.69) is 11.4 Å². The summed E-state index contributed by atoms with van der Waals surface area (Å²) in [5.41, 5.74) is 0. The van der Waals surface area contributed by atoms with Crippen LogP contribution in [0.3, 0.4) is 0 Å². The molecule has 2 rings (SSSR count). The van der Waals surface area contributed by atoms with Crippen molar-refractivity contribution in [3.05, 3.63) is 24.6 Å². The summed E-state index contributed by atoms with van der Waals surface area (Å²) in [6, 6.07) is 0. The molecule has 0 atom stereocenters. The number of nitrogens with one attached hydrogen (secondary N) is 1. The van der Waals surface area contributed by atoms with Gasteiger partial charge in [0, 0.05) is 6.54 Å². The fourth-order valence-electron chi connectivity index (χ4n) is 1.06. The third-order valence-electron chi connectivity index (χ3n) is 1.75. The molecular formula is C10H17NO. The SMILES string of the molecule is C1=CNCCC1.C1=COCCC1. The fraction of sp³-hybridized carbons (Fsp3) is 0.600. The Labute approximate surface area is 74.3 Å². The average Bonchev–Trinajstić information content (AvgIpc) is 2.24. The summed E-state index contributed by atoms with van der Waals surface area (Å²) in [6.07, 6.45) is 12.9. The third-order valence-corrected chi connectivity index (χ3v) is 1.75. The van der Waals surface area contributed by atoms with Gasteiger partial charge in [0.05, 0.1) is 12.9 Å². The molecule has 12 heavy (non-hydrogen) atoms. The second-order valence-electron chi connectivity index (χ2n) is 2.88. The van der Waals surface area contributed by atoms with Crippen LogP contribution in [0.2, 0.25) is 0 Å². The monoisotopic (exact) mass is 167 g/mol. The van der Waals surface area contributed by atoms with E-state index >= 15 is 0 Å². The molecule has 0 aromatic rings. The summed E-state index contributed by atoms with van der Waals surface area (Å²) < 4.78 is 4.89. The average molecular weight is 167 g/mol. The zero-order valence-electron chi connectivity index (χ0n) is 7.46. The minimum atomic E-state index is 0.913. The summed E-state index contributed by atoms with van der Waals surface area (Å²) in [5, 5.41) is 3.10. The highest BCUT2D eigenvalue weighted by Crippen LogP contribution is 1.97. The minimum absolute atomic E-state index is 0.913. The molecule has 0 aromatic heterocycles. The van der Waals surface area contributed by atoms with Crippen molar-refractivity contribution in [2.24, 2.45) is 0 Å². The smallest absolute Gasteiger partial charge is 0.0876 e. The molecule has 2 heterocycles. The largest absolute Gasteiger partial charge is 0.502 e. The molecule has 0 amide bonds. The molecule has 0 fully saturated rings. The normalized spacial score (nSPS) is 20.0. The van der Waals surface area contributed by atoms with Crippen LogP contribution in [0.5, 0.6) is 0 Å². The van der Waals surface area contributed by atoms with Crippen molar-refractivity contribution in [1.82, 2.24) is 5.32 Å². The Bertz CT molecular complexity index is 118. The van der Waals surface area contributed by atoms with E-state index in [4.69, 9.17) is 4.74 Å². The molecule has 0 saturated heterocycles. The molecule has 0 saturated carbocycles. The Balaban J connectivity index is 0.000000120. The lowest BCUT2D eigenvalue weighted by Crippen LogP contribution is -2.09. The second kappa shape index (κ2) is 6.77. The molecule has 1 N–H and O–H groups in total. The molecule has 0 bridgehead atoms. The number of hydrogen-bond donors (Lipinski definition) is 1. The molecule has 0 radical (unpaired) electrons. The molecule has 2 heteroatoms. The van der Waals surface area contributed by atoms with E-state index in [1.165, 1.54) is 25.7 Å². The molecule has 68 valence electrons. The molecule has 2 nitrogen and oxygen atoms in total. The van der Waals surface area contributed by atoms with Gasteiger partial charge in [0.15, 0.2) is 0 Å². The topological polar surface area (TPSA) is 21.3 Å². The van der Waals surface area contributed by atoms with E-state index in [1.54, 1.807) is 6.26 Å². The first-order valence-electron chi connectivity index (χ1n) is 4.65. The van der Waals surface area contributed by atoms with Gasteiger partial charge >= 0.3 is 0 Å². The number of allylic oxidation sites excluding steroid dienone is 2. The summed E-state index contributed by atoms with van der Waals surface area (Å²) in [5.74, 6) is 0. The van der Waals surface area contributed by atoms with Gasteiger partial charge in [0.25, 0.3) is 0 Å². The predicted octanol–water partition coefficient (Wildman–Crippen LogP) is 2.19. The van der Waals surface area contributed by atoms with E-state index in [0.29, 0.717) is 0 Å². The van der Waals surface area contributed by atoms with Gasteiger partial charge in [-0.2, -0.15) is 0 Å². The van der Waals surface area contributed by atoms with Gasteiger partial charge in [0.1, 0.15) is 0 Å². The lowest BCUT2D eigenvalue weighted by Gasteiger charge is -2.02. The summed E-state index contributed by atoms with van der Waals surface area (Å²) >= 11 is 0. The zero-order chi connectivity index (χ0) is 8.49. The van der Waals surface area contributed by atoms with Crippen LogP contribution in [0, 0.1) is 0 Å². The van der Waals surface area contributed by atoms with Crippen molar-refractivity contribution in [3.8, 4) is 0 Å². The lowest BCUT2D eigenvalue weighted by molar-refractivity contribution is 0.231. The quantitative estimate of drug-likeness (QED) is 0.597. The molecule has 0 aliphatic carbocycles. The van der Waals surface area contributed by atoms with Gasteiger partial charge in [-0.05, 0) is 38.0 Å². The van der Waals surface area contributed by atoms with Gasteiger partial charge < -0.3 is 10.1 Å². The maximum Gasteiger partial charge on any atom is 0.0876 e. The highest BCUT2D eigenvalue weighted by atomic mass is 16.5. The van der Waals surface area contributed by atoms with Crippen LogP contribution in [0.4, 0.5) is 0 Å². The van der Waals surface area contributed by atoms with Crippen LogP contribution in [0.1, 0.15) is 25.7 Å². The molecule has 0 unspecified atom stereocenters. The number of hydrogen-bond acceptors (Lipinski definition) is 2. The fourth-order valence-corrected chi connectivity index (χ4v) is 1.06. The van der Waals surface area contributed by atoms with Crippen molar-refractivity contribution in [2.45, 2.75) is 25.7 Å². The van der Waals surface area contributed by atoms with Crippen LogP contribution in [-0.2, 0) is 4.74 Å². The first-order chi connectivity index (χ1) is 6.00. The van der Waals surface area contributed by atoms with Crippen LogP contribution >= 0.6 is 0 Å². The first-order valence-corrected chi connectivity index (χ1v) is 4.65. The maximum absolute atomic E-state index is 4.89. The van der Waals surface area contributed by atoms with Gasteiger partial charge in [-0.15, -0.1) is 0 Å². The summed E-state index contributed by atoms with van der Waals surface area (Å²) in [7, 11) is 0. The van der Waals surface area contributed by atoms with E-state index in [-0.39, 0.29) is 0 Å². The Morgan fingerprint density at radius 3 is 2.17 bits per heavy atom. The first kappa shape index (κ1) is 9.17. The highest BCUT2D eigenvalue weighted by molar-refractivity contribution is 4.83. The van der Waals surface area contributed by atoms with E-state index in [1.807, 2.05) is 12.3 Å². The van der Waals surface area contributed by atoms with Crippen LogP contribution < -0.4 is 5.32 Å². The Hall–Kier alpha value is -0.920. The molecular weight excluding hydrogens is 150 g/mol. The molecule has 0 spiro atoms. The number of ether oxygens (including phenoxy) is 1. The summed E-state index contributed by atoms with van der Waals surface area (Å²) in [4.78, 5) is 0. The summed E-state index contributed by atoms with van der Waals surface area (Å²) in [6.45, 7) is 2.08. The van der Waals surface area contributed by atoms with Gasteiger partial charge in [0.2, 0.25) is 0 Å². The van der Waals surface area contributed by atoms with Gasteiger partial charge in [-0.25, -0.2) is 0 Å². The Kier molecular flexibility index (Phi) is 5.17. The van der Waals surface area contributed by atoms with Crippen LogP contribution in [-0.4, -0.2) is 13.2 Å². The van der Waals surface area contributed by atoms with E-state index < -0.39 is 0 Å². The van der Waals surface area contributed by atoms with Crippen molar-refractivity contribution < 1.29 is 4.74 Å². The van der Waals surface area contributed by atoms with Crippen molar-refractivity contribution >= 4 is 0 Å². The molecule has 0 aromatic carbocycles. The predicted molar refractivity (Wildman–Crippen MR) is 50.7 cm³/mol. The molecule has 2 aliphatic rings. The zero-order valence-corrected chi connectivity index (χ0v) is 7.46. The van der Waals surface area contributed by atoms with Crippen molar-refractivity contribution in [3.63, 3.8) is 0 Å².